The van der Waals surface area contributed by atoms with E-state index in [9.17, 15) is 14.0 Å². The second-order valence-corrected chi connectivity index (χ2v) is 8.60. The number of piperazine rings is 1. The second-order valence-electron chi connectivity index (χ2n) is 8.60. The van der Waals surface area contributed by atoms with Crippen LogP contribution in [0.2, 0.25) is 0 Å². The van der Waals surface area contributed by atoms with Crippen LogP contribution in [0.5, 0.6) is 0 Å². The summed E-state index contributed by atoms with van der Waals surface area (Å²) in [6.07, 6.45) is 6.07. The summed E-state index contributed by atoms with van der Waals surface area (Å²) in [5.41, 5.74) is 0.370. The van der Waals surface area contributed by atoms with E-state index in [0.29, 0.717) is 44.2 Å². The minimum Gasteiger partial charge on any atom is -0.467 e. The minimum absolute atomic E-state index is 0.119. The van der Waals surface area contributed by atoms with Crippen molar-refractivity contribution in [3.05, 3.63) is 59.8 Å². The first-order valence-electron chi connectivity index (χ1n) is 11.1. The van der Waals surface area contributed by atoms with Gasteiger partial charge in [-0.3, -0.25) is 14.5 Å². The van der Waals surface area contributed by atoms with Crippen LogP contribution in [0.4, 0.5) is 4.39 Å². The fourth-order valence-electron chi connectivity index (χ4n) is 4.88. The maximum atomic E-state index is 13.5. The highest BCUT2D eigenvalue weighted by molar-refractivity contribution is 5.94. The molecule has 1 atom stereocenters. The topological polar surface area (TPSA) is 57.0 Å². The van der Waals surface area contributed by atoms with Gasteiger partial charge < -0.3 is 14.2 Å². The molecule has 0 N–H and O–H groups in total. The highest BCUT2D eigenvalue weighted by Crippen LogP contribution is 2.32. The summed E-state index contributed by atoms with van der Waals surface area (Å²) in [4.78, 5) is 32.0. The van der Waals surface area contributed by atoms with Crippen molar-refractivity contribution in [3.8, 4) is 0 Å². The number of nitrogens with zero attached hydrogens (tertiary/aromatic N) is 3. The average Bonchev–Trinajstić information content (AvgIpc) is 3.48. The van der Waals surface area contributed by atoms with Gasteiger partial charge in [-0.1, -0.05) is 18.9 Å². The van der Waals surface area contributed by atoms with Gasteiger partial charge >= 0.3 is 0 Å². The van der Waals surface area contributed by atoms with E-state index in [2.05, 4.69) is 4.90 Å². The van der Waals surface area contributed by atoms with Crippen LogP contribution in [0.15, 0.2) is 47.1 Å². The van der Waals surface area contributed by atoms with Gasteiger partial charge in [0.15, 0.2) is 0 Å². The van der Waals surface area contributed by atoms with Crippen LogP contribution in [0.3, 0.4) is 0 Å². The monoisotopic (exact) mass is 427 g/mol. The molecule has 6 nitrogen and oxygen atoms in total. The van der Waals surface area contributed by atoms with E-state index in [1.54, 1.807) is 28.2 Å². The summed E-state index contributed by atoms with van der Waals surface area (Å²) < 4.78 is 18.9. The number of halogens is 1. The zero-order chi connectivity index (χ0) is 21.8. The lowest BCUT2D eigenvalue weighted by Crippen LogP contribution is -2.58. The molecule has 4 rings (SSSR count). The number of carbonyl (C=O) groups is 2. The molecule has 0 radical (unpaired) electrons. The van der Waals surface area contributed by atoms with Crippen LogP contribution in [0, 0.1) is 11.7 Å². The SMILES string of the molecule is CN(Cc1ccco1)C(=O)C(C1CCCC1)N1CCN(C(=O)c2cccc(F)c2)CC1. The Balaban J connectivity index is 1.42. The fourth-order valence-corrected chi connectivity index (χ4v) is 4.88. The van der Waals surface area contributed by atoms with E-state index >= 15 is 0 Å². The second kappa shape index (κ2) is 9.64. The lowest BCUT2D eigenvalue weighted by atomic mass is 9.94. The minimum atomic E-state index is -0.407. The number of rotatable bonds is 6. The summed E-state index contributed by atoms with van der Waals surface area (Å²) in [5.74, 6) is 0.672. The van der Waals surface area contributed by atoms with Gasteiger partial charge in [-0.15, -0.1) is 0 Å². The third kappa shape index (κ3) is 4.98. The molecule has 1 aromatic carbocycles. The van der Waals surface area contributed by atoms with Crippen LogP contribution in [-0.2, 0) is 11.3 Å². The zero-order valence-corrected chi connectivity index (χ0v) is 18.0. The zero-order valence-electron chi connectivity index (χ0n) is 18.0. The van der Waals surface area contributed by atoms with Crippen LogP contribution < -0.4 is 0 Å². The van der Waals surface area contributed by atoms with Crippen LogP contribution in [-0.4, -0.2) is 65.8 Å². The molecule has 1 saturated heterocycles. The summed E-state index contributed by atoms with van der Waals surface area (Å²) in [6.45, 7) is 2.81. The highest BCUT2D eigenvalue weighted by atomic mass is 19.1. The Kier molecular flexibility index (Phi) is 6.70. The third-order valence-corrected chi connectivity index (χ3v) is 6.52. The van der Waals surface area contributed by atoms with Crippen molar-refractivity contribution in [3.63, 3.8) is 0 Å². The normalized spacial score (nSPS) is 18.8. The van der Waals surface area contributed by atoms with Crippen LogP contribution in [0.25, 0.3) is 0 Å². The predicted molar refractivity (Wildman–Crippen MR) is 115 cm³/mol. The first kappa shape index (κ1) is 21.6. The van der Waals surface area contributed by atoms with Crippen molar-refractivity contribution in [2.75, 3.05) is 33.2 Å². The number of likely N-dealkylation sites (N-methyl/N-ethyl adjacent to an activating group) is 1. The molecule has 2 amide bonds. The number of carbonyl (C=O) groups excluding carboxylic acids is 2. The molecule has 1 aromatic heterocycles. The molecule has 166 valence electrons. The largest absolute Gasteiger partial charge is 0.467 e. The van der Waals surface area contributed by atoms with Crippen molar-refractivity contribution in [1.82, 2.24) is 14.7 Å². The van der Waals surface area contributed by atoms with E-state index in [1.807, 2.05) is 19.2 Å². The number of furan rings is 1. The van der Waals surface area contributed by atoms with Crippen molar-refractivity contribution in [1.29, 1.82) is 0 Å². The maximum Gasteiger partial charge on any atom is 0.254 e. The number of hydrogen-bond acceptors (Lipinski definition) is 4. The standard InChI is InChI=1S/C24H30FN3O3/c1-26(17-21-10-5-15-31-21)24(30)22(18-6-2-3-7-18)27-11-13-28(14-12-27)23(29)19-8-4-9-20(25)16-19/h4-5,8-10,15-16,18,22H,2-3,6-7,11-14,17H2,1H3. The lowest BCUT2D eigenvalue weighted by Gasteiger charge is -2.42. The van der Waals surface area contributed by atoms with E-state index in [4.69, 9.17) is 4.42 Å². The number of amides is 2. The molecule has 1 aliphatic heterocycles. The maximum absolute atomic E-state index is 13.5. The molecular formula is C24H30FN3O3. The Morgan fingerprint density at radius 1 is 1.13 bits per heavy atom. The first-order chi connectivity index (χ1) is 15.0. The third-order valence-electron chi connectivity index (χ3n) is 6.52. The molecule has 2 aromatic rings. The van der Waals surface area contributed by atoms with E-state index in [1.165, 1.54) is 12.1 Å². The molecule has 7 heteroatoms. The van der Waals surface area contributed by atoms with Gasteiger partial charge in [0, 0.05) is 38.8 Å². The summed E-state index contributed by atoms with van der Waals surface area (Å²) >= 11 is 0. The Hall–Kier alpha value is -2.67. The van der Waals surface area contributed by atoms with Crippen LogP contribution in [0.1, 0.15) is 41.8 Å². The molecule has 2 fully saturated rings. The van der Waals surface area contributed by atoms with Crippen molar-refractivity contribution in [2.45, 2.75) is 38.3 Å². The van der Waals surface area contributed by atoms with Gasteiger partial charge in [-0.05, 0) is 49.1 Å². The van der Waals surface area contributed by atoms with Crippen molar-refractivity contribution < 1.29 is 18.4 Å². The Morgan fingerprint density at radius 3 is 2.52 bits per heavy atom. The molecule has 2 aliphatic rings. The van der Waals surface area contributed by atoms with Gasteiger partial charge in [0.25, 0.3) is 5.91 Å². The molecule has 1 saturated carbocycles. The molecule has 2 heterocycles. The van der Waals surface area contributed by atoms with Gasteiger partial charge in [0.1, 0.15) is 11.6 Å². The number of hydrogen-bond donors (Lipinski definition) is 0. The van der Waals surface area contributed by atoms with Gasteiger partial charge in [0.05, 0.1) is 18.8 Å². The smallest absolute Gasteiger partial charge is 0.254 e. The first-order valence-corrected chi connectivity index (χ1v) is 11.1. The van der Waals surface area contributed by atoms with E-state index in [-0.39, 0.29) is 17.9 Å². The number of benzene rings is 1. The fraction of sp³-hybridized carbons (Fsp3) is 0.500. The molecule has 1 unspecified atom stereocenters. The quantitative estimate of drug-likeness (QED) is 0.709. The van der Waals surface area contributed by atoms with E-state index in [0.717, 1.165) is 31.4 Å². The lowest BCUT2D eigenvalue weighted by molar-refractivity contribution is -0.139. The Morgan fingerprint density at radius 2 is 1.87 bits per heavy atom. The summed E-state index contributed by atoms with van der Waals surface area (Å²) in [6, 6.07) is 9.36. The van der Waals surface area contributed by atoms with Crippen molar-refractivity contribution in [2.24, 2.45) is 5.92 Å². The van der Waals surface area contributed by atoms with Crippen molar-refractivity contribution >= 4 is 11.8 Å². The Labute approximate surface area is 182 Å². The Bertz CT molecular complexity index is 887. The van der Waals surface area contributed by atoms with Gasteiger partial charge in [0.2, 0.25) is 5.91 Å². The van der Waals surface area contributed by atoms with Gasteiger partial charge in [-0.2, -0.15) is 0 Å². The molecule has 31 heavy (non-hydrogen) atoms. The predicted octanol–water partition coefficient (Wildman–Crippen LogP) is 3.39. The van der Waals surface area contributed by atoms with Crippen LogP contribution >= 0.6 is 0 Å². The highest BCUT2D eigenvalue weighted by Gasteiger charge is 2.38. The molecule has 1 aliphatic carbocycles. The van der Waals surface area contributed by atoms with E-state index < -0.39 is 5.82 Å². The molecular weight excluding hydrogens is 397 g/mol. The van der Waals surface area contributed by atoms with Gasteiger partial charge in [-0.25, -0.2) is 4.39 Å². The molecule has 0 bridgehead atoms. The molecule has 0 spiro atoms. The summed E-state index contributed by atoms with van der Waals surface area (Å²) in [5, 5.41) is 0. The summed E-state index contributed by atoms with van der Waals surface area (Å²) in [7, 11) is 1.83. The average molecular weight is 428 g/mol.